The SMILES string of the molecule is CNC(c1cccc(F)c1)c1cncs1. The van der Waals surface area contributed by atoms with Crippen molar-refractivity contribution >= 4 is 11.3 Å². The Bertz CT molecular complexity index is 428. The number of halogens is 1. The Kier molecular flexibility index (Phi) is 3.08. The van der Waals surface area contributed by atoms with Crippen LogP contribution in [-0.2, 0) is 0 Å². The molecule has 4 heteroatoms. The molecular formula is C11H11FN2S. The third kappa shape index (κ3) is 2.22. The first-order valence-electron chi connectivity index (χ1n) is 4.62. The third-order valence-electron chi connectivity index (χ3n) is 2.21. The van der Waals surface area contributed by atoms with Crippen LogP contribution < -0.4 is 5.32 Å². The number of thiazole rings is 1. The molecule has 0 saturated carbocycles. The van der Waals surface area contributed by atoms with Gasteiger partial charge in [-0.2, -0.15) is 0 Å². The van der Waals surface area contributed by atoms with Gasteiger partial charge in [0, 0.05) is 11.1 Å². The van der Waals surface area contributed by atoms with E-state index in [0.717, 1.165) is 10.4 Å². The fraction of sp³-hybridized carbons (Fsp3) is 0.182. The van der Waals surface area contributed by atoms with E-state index in [4.69, 9.17) is 0 Å². The van der Waals surface area contributed by atoms with Crippen LogP contribution in [-0.4, -0.2) is 12.0 Å². The lowest BCUT2D eigenvalue weighted by Gasteiger charge is -2.14. The second kappa shape index (κ2) is 4.51. The molecule has 78 valence electrons. The van der Waals surface area contributed by atoms with Crippen LogP contribution in [0, 0.1) is 5.82 Å². The van der Waals surface area contributed by atoms with Crippen molar-refractivity contribution in [3.05, 3.63) is 52.2 Å². The molecule has 2 nitrogen and oxygen atoms in total. The molecule has 1 atom stereocenters. The zero-order valence-corrected chi connectivity index (χ0v) is 9.09. The first-order valence-corrected chi connectivity index (χ1v) is 5.50. The molecule has 2 aromatic rings. The number of benzene rings is 1. The summed E-state index contributed by atoms with van der Waals surface area (Å²) >= 11 is 1.56. The Morgan fingerprint density at radius 3 is 2.93 bits per heavy atom. The molecule has 1 N–H and O–H groups in total. The molecule has 0 aliphatic heterocycles. The minimum atomic E-state index is -0.211. The maximum absolute atomic E-state index is 13.1. The van der Waals surface area contributed by atoms with E-state index in [2.05, 4.69) is 10.3 Å². The summed E-state index contributed by atoms with van der Waals surface area (Å²) in [5.41, 5.74) is 2.70. The second-order valence-corrected chi connectivity index (χ2v) is 4.10. The first-order chi connectivity index (χ1) is 7.31. The summed E-state index contributed by atoms with van der Waals surface area (Å²) in [4.78, 5) is 5.11. The van der Waals surface area contributed by atoms with E-state index < -0.39 is 0 Å². The topological polar surface area (TPSA) is 24.9 Å². The van der Waals surface area contributed by atoms with E-state index in [-0.39, 0.29) is 11.9 Å². The monoisotopic (exact) mass is 222 g/mol. The number of nitrogens with one attached hydrogen (secondary N) is 1. The molecule has 1 aromatic heterocycles. The van der Waals surface area contributed by atoms with Gasteiger partial charge in [-0.25, -0.2) is 4.39 Å². The fourth-order valence-corrected chi connectivity index (χ4v) is 2.28. The highest BCUT2D eigenvalue weighted by Crippen LogP contribution is 2.24. The molecule has 0 aliphatic rings. The van der Waals surface area contributed by atoms with E-state index in [1.807, 2.05) is 13.1 Å². The smallest absolute Gasteiger partial charge is 0.123 e. The molecule has 0 spiro atoms. The minimum Gasteiger partial charge on any atom is -0.309 e. The van der Waals surface area contributed by atoms with Crippen LogP contribution in [0.2, 0.25) is 0 Å². The number of hydrogen-bond donors (Lipinski definition) is 1. The number of aromatic nitrogens is 1. The van der Waals surface area contributed by atoms with Gasteiger partial charge in [0.2, 0.25) is 0 Å². The van der Waals surface area contributed by atoms with Crippen molar-refractivity contribution in [2.24, 2.45) is 0 Å². The van der Waals surface area contributed by atoms with Crippen molar-refractivity contribution in [3.8, 4) is 0 Å². The van der Waals surface area contributed by atoms with Gasteiger partial charge < -0.3 is 5.32 Å². The van der Waals surface area contributed by atoms with Crippen molar-refractivity contribution in [2.75, 3.05) is 7.05 Å². The lowest BCUT2D eigenvalue weighted by molar-refractivity contribution is 0.618. The Morgan fingerprint density at radius 2 is 2.33 bits per heavy atom. The predicted molar refractivity (Wildman–Crippen MR) is 59.4 cm³/mol. The Morgan fingerprint density at radius 1 is 1.47 bits per heavy atom. The number of hydrogen-bond acceptors (Lipinski definition) is 3. The molecule has 0 radical (unpaired) electrons. The molecule has 1 heterocycles. The van der Waals surface area contributed by atoms with Crippen molar-refractivity contribution in [1.29, 1.82) is 0 Å². The van der Waals surface area contributed by atoms with Gasteiger partial charge in [-0.05, 0) is 24.7 Å². The van der Waals surface area contributed by atoms with Gasteiger partial charge in [-0.15, -0.1) is 11.3 Å². The lowest BCUT2D eigenvalue weighted by Crippen LogP contribution is -2.16. The van der Waals surface area contributed by atoms with Gasteiger partial charge >= 0.3 is 0 Å². The number of rotatable bonds is 3. The highest BCUT2D eigenvalue weighted by Gasteiger charge is 2.13. The zero-order chi connectivity index (χ0) is 10.7. The van der Waals surface area contributed by atoms with Crippen LogP contribution in [0.25, 0.3) is 0 Å². The lowest BCUT2D eigenvalue weighted by atomic mass is 10.1. The maximum Gasteiger partial charge on any atom is 0.123 e. The molecule has 1 unspecified atom stereocenters. The number of nitrogens with zero attached hydrogens (tertiary/aromatic N) is 1. The van der Waals surface area contributed by atoms with E-state index in [1.165, 1.54) is 6.07 Å². The average Bonchev–Trinajstić information content (AvgIpc) is 2.72. The summed E-state index contributed by atoms with van der Waals surface area (Å²) < 4.78 is 13.1. The Labute approximate surface area is 91.8 Å². The summed E-state index contributed by atoms with van der Waals surface area (Å²) in [6, 6.07) is 6.64. The van der Waals surface area contributed by atoms with E-state index in [9.17, 15) is 4.39 Å². The Hall–Kier alpha value is -1.26. The van der Waals surface area contributed by atoms with Crippen LogP contribution >= 0.6 is 11.3 Å². The van der Waals surface area contributed by atoms with Crippen LogP contribution in [0.4, 0.5) is 4.39 Å². The molecule has 1 aromatic carbocycles. The van der Waals surface area contributed by atoms with Gasteiger partial charge in [-0.1, -0.05) is 12.1 Å². The first kappa shape index (κ1) is 10.3. The highest BCUT2D eigenvalue weighted by molar-refractivity contribution is 7.09. The summed E-state index contributed by atoms with van der Waals surface area (Å²) in [5, 5.41) is 3.15. The average molecular weight is 222 g/mol. The molecule has 0 amide bonds. The minimum absolute atomic E-state index is 0.0215. The van der Waals surface area contributed by atoms with Gasteiger partial charge in [0.1, 0.15) is 5.82 Å². The fourth-order valence-electron chi connectivity index (χ4n) is 1.53. The van der Waals surface area contributed by atoms with Crippen molar-refractivity contribution in [2.45, 2.75) is 6.04 Å². The zero-order valence-electron chi connectivity index (χ0n) is 8.27. The van der Waals surface area contributed by atoms with Gasteiger partial charge in [0.15, 0.2) is 0 Å². The molecule has 15 heavy (non-hydrogen) atoms. The molecule has 0 bridgehead atoms. The van der Waals surface area contributed by atoms with E-state index in [1.54, 1.807) is 35.2 Å². The molecule has 0 aliphatic carbocycles. The molecular weight excluding hydrogens is 211 g/mol. The van der Waals surface area contributed by atoms with Gasteiger partial charge in [-0.3, -0.25) is 4.98 Å². The molecule has 0 saturated heterocycles. The van der Waals surface area contributed by atoms with Crippen LogP contribution in [0.5, 0.6) is 0 Å². The Balaban J connectivity index is 2.35. The maximum atomic E-state index is 13.1. The second-order valence-electron chi connectivity index (χ2n) is 3.18. The van der Waals surface area contributed by atoms with Crippen LogP contribution in [0.15, 0.2) is 36.0 Å². The summed E-state index contributed by atoms with van der Waals surface area (Å²) in [6.45, 7) is 0. The van der Waals surface area contributed by atoms with Crippen molar-refractivity contribution < 1.29 is 4.39 Å². The quantitative estimate of drug-likeness (QED) is 0.863. The van der Waals surface area contributed by atoms with E-state index in [0.29, 0.717) is 0 Å². The summed E-state index contributed by atoms with van der Waals surface area (Å²) in [7, 11) is 1.86. The van der Waals surface area contributed by atoms with E-state index >= 15 is 0 Å². The summed E-state index contributed by atoms with van der Waals surface area (Å²) in [6.07, 6.45) is 1.80. The highest BCUT2D eigenvalue weighted by atomic mass is 32.1. The molecule has 0 fully saturated rings. The van der Waals surface area contributed by atoms with Crippen LogP contribution in [0.3, 0.4) is 0 Å². The van der Waals surface area contributed by atoms with Crippen molar-refractivity contribution in [3.63, 3.8) is 0 Å². The van der Waals surface area contributed by atoms with Crippen molar-refractivity contribution in [1.82, 2.24) is 10.3 Å². The van der Waals surface area contributed by atoms with Gasteiger partial charge in [0.25, 0.3) is 0 Å². The van der Waals surface area contributed by atoms with Gasteiger partial charge in [0.05, 0.1) is 11.6 Å². The summed E-state index contributed by atoms with van der Waals surface area (Å²) in [5.74, 6) is -0.211. The third-order valence-corrected chi connectivity index (χ3v) is 3.05. The predicted octanol–water partition coefficient (Wildman–Crippen LogP) is 2.59. The largest absolute Gasteiger partial charge is 0.309 e. The van der Waals surface area contributed by atoms with Crippen LogP contribution in [0.1, 0.15) is 16.5 Å². The standard InChI is InChI=1S/C11H11FN2S/c1-13-11(10-6-14-7-15-10)8-3-2-4-9(12)5-8/h2-7,11,13H,1H3. The normalized spacial score (nSPS) is 12.7. The molecule has 2 rings (SSSR count).